The minimum Gasteiger partial charge on any atom is -0.544 e. The smallest absolute Gasteiger partial charge is 0.488 e. The summed E-state index contributed by atoms with van der Waals surface area (Å²) in [7, 11) is -3.04. The Balaban J connectivity index is 0.000000217. The van der Waals surface area contributed by atoms with Gasteiger partial charge in [-0.2, -0.15) is 0 Å². The number of quaternary nitrogens is 2. The fourth-order valence-electron chi connectivity index (χ4n) is 2.82. The summed E-state index contributed by atoms with van der Waals surface area (Å²) < 4.78 is 0. The van der Waals surface area contributed by atoms with Gasteiger partial charge >= 0.3 is 14.2 Å². The summed E-state index contributed by atoms with van der Waals surface area (Å²) in [5.74, 6) is -1.83. The Morgan fingerprint density at radius 2 is 1.11 bits per heavy atom. The number of rotatable bonds is 4. The number of carbonyl (C=O) groups is 2. The summed E-state index contributed by atoms with van der Waals surface area (Å²) in [6.07, 6.45) is 3.59. The molecule has 12 heteroatoms. The van der Waals surface area contributed by atoms with Crippen LogP contribution >= 0.6 is 0 Å². The lowest BCUT2D eigenvalue weighted by atomic mass is 9.75. The van der Waals surface area contributed by atoms with Crippen molar-refractivity contribution in [2.75, 3.05) is 13.1 Å². The van der Waals surface area contributed by atoms with Crippen LogP contribution in [0.5, 0.6) is 0 Å². The molecule has 0 saturated carbocycles. The van der Waals surface area contributed by atoms with E-state index in [1.807, 2.05) is 10.6 Å². The molecule has 1 aromatic rings. The van der Waals surface area contributed by atoms with Gasteiger partial charge in [0.1, 0.15) is 12.1 Å². The first-order valence-corrected chi connectivity index (χ1v) is 9.13. The zero-order valence-corrected chi connectivity index (χ0v) is 15.4. The molecule has 0 aromatic heterocycles. The highest BCUT2D eigenvalue weighted by atomic mass is 16.4. The number of carboxylic acids is 2. The molecule has 0 spiro atoms. The normalized spacial score (nSPS) is 20.3. The van der Waals surface area contributed by atoms with Crippen molar-refractivity contribution in [1.29, 1.82) is 0 Å². The van der Waals surface area contributed by atoms with E-state index in [1.54, 1.807) is 0 Å². The van der Waals surface area contributed by atoms with Gasteiger partial charge in [0.05, 0.1) is 25.0 Å². The third-order valence-electron chi connectivity index (χ3n) is 4.48. The molecule has 8 N–H and O–H groups in total. The third kappa shape index (κ3) is 8.83. The van der Waals surface area contributed by atoms with E-state index >= 15 is 0 Å². The molecule has 28 heavy (non-hydrogen) atoms. The maximum atomic E-state index is 10.1. The monoisotopic (exact) mass is 396 g/mol. The molecule has 0 unspecified atom stereocenters. The summed E-state index contributed by atoms with van der Waals surface area (Å²) in [5.41, 5.74) is 0.638. The van der Waals surface area contributed by atoms with E-state index < -0.39 is 26.2 Å². The molecular weight excluding hydrogens is 370 g/mol. The molecule has 2 aliphatic rings. The summed E-state index contributed by atoms with van der Waals surface area (Å²) in [6, 6.07) is 5.16. The van der Waals surface area contributed by atoms with Crippen molar-refractivity contribution in [3.63, 3.8) is 0 Å². The van der Waals surface area contributed by atoms with Gasteiger partial charge in [-0.15, -0.1) is 0 Å². The average Bonchev–Trinajstić information content (AvgIpc) is 3.36. The number of nitrogens with two attached hydrogens (primary N) is 2. The second kappa shape index (κ2) is 12.5. The lowest BCUT2D eigenvalue weighted by Gasteiger charge is -2.05. The van der Waals surface area contributed by atoms with Gasteiger partial charge in [-0.05, 0) is 10.9 Å². The first-order chi connectivity index (χ1) is 13.2. The molecule has 2 heterocycles. The van der Waals surface area contributed by atoms with Crippen LogP contribution in [0.25, 0.3) is 0 Å². The predicted octanol–water partition coefficient (Wildman–Crippen LogP) is -8.03. The van der Waals surface area contributed by atoms with Gasteiger partial charge in [0.2, 0.25) is 0 Å². The van der Waals surface area contributed by atoms with Crippen molar-refractivity contribution in [2.45, 2.75) is 37.8 Å². The fraction of sp³-hybridized carbons (Fsp3) is 0.500. The van der Waals surface area contributed by atoms with Gasteiger partial charge < -0.3 is 50.5 Å². The number of carboxylic acid groups (broad SMARTS) is 2. The minimum atomic E-state index is -1.52. The standard InChI is InChI=1S/C6H8B2O4.2C5H9NO2/c9-7(10)5-1-2-6(4-3-5)8(11)12;2*7-5(8)4-2-1-3-6-4/h1-4,9-12H;2*4,6H,1-3H2,(H,7,8)/t;2*4-/m.00/s1. The van der Waals surface area contributed by atoms with Crippen molar-refractivity contribution in [2.24, 2.45) is 0 Å². The summed E-state index contributed by atoms with van der Waals surface area (Å²) in [5, 5.41) is 58.5. The van der Waals surface area contributed by atoms with E-state index in [2.05, 4.69) is 0 Å². The summed E-state index contributed by atoms with van der Waals surface area (Å²) >= 11 is 0. The van der Waals surface area contributed by atoms with Crippen LogP contribution < -0.4 is 31.8 Å². The third-order valence-corrected chi connectivity index (χ3v) is 4.48. The van der Waals surface area contributed by atoms with Crippen molar-refractivity contribution in [3.8, 4) is 0 Å². The lowest BCUT2D eigenvalue weighted by molar-refractivity contribution is -0.664. The summed E-state index contributed by atoms with van der Waals surface area (Å²) in [6.45, 7) is 1.89. The van der Waals surface area contributed by atoms with Gasteiger partial charge in [-0.3, -0.25) is 0 Å². The van der Waals surface area contributed by atoms with Gasteiger partial charge in [0.15, 0.2) is 0 Å². The molecular formula is C16H26B2N2O8. The maximum absolute atomic E-state index is 10.1. The molecule has 0 radical (unpaired) electrons. The Bertz CT molecular complexity index is 550. The topological polar surface area (TPSA) is 194 Å². The largest absolute Gasteiger partial charge is 0.544 e. The SMILES string of the molecule is O=C([O-])[C@@H]1CCC[NH2+]1.O=C([O-])[C@@H]1CCC[NH2+]1.OB(O)c1ccc(B(O)O)cc1. The van der Waals surface area contributed by atoms with Crippen LogP contribution in [-0.2, 0) is 9.59 Å². The molecule has 1 aromatic carbocycles. The van der Waals surface area contributed by atoms with E-state index in [1.165, 1.54) is 24.3 Å². The van der Waals surface area contributed by atoms with Crippen LogP contribution in [0, 0.1) is 0 Å². The van der Waals surface area contributed by atoms with E-state index in [4.69, 9.17) is 20.1 Å². The van der Waals surface area contributed by atoms with E-state index in [0.717, 1.165) is 38.8 Å². The molecule has 2 aliphatic heterocycles. The molecule has 0 amide bonds. The molecule has 154 valence electrons. The second-order valence-corrected chi connectivity index (χ2v) is 6.60. The summed E-state index contributed by atoms with van der Waals surface area (Å²) in [4.78, 5) is 20.1. The van der Waals surface area contributed by atoms with Crippen LogP contribution in [0.15, 0.2) is 24.3 Å². The van der Waals surface area contributed by atoms with Crippen LogP contribution in [0.4, 0.5) is 0 Å². The lowest BCUT2D eigenvalue weighted by Crippen LogP contribution is -2.89. The van der Waals surface area contributed by atoms with Crippen LogP contribution in [0.2, 0.25) is 0 Å². The molecule has 0 bridgehead atoms. The maximum Gasteiger partial charge on any atom is 0.488 e. The first-order valence-electron chi connectivity index (χ1n) is 9.13. The molecule has 10 nitrogen and oxygen atoms in total. The molecule has 2 atom stereocenters. The number of benzene rings is 1. The fourth-order valence-corrected chi connectivity index (χ4v) is 2.82. The van der Waals surface area contributed by atoms with Gasteiger partial charge in [-0.1, -0.05) is 24.3 Å². The van der Waals surface area contributed by atoms with Gasteiger partial charge in [0, 0.05) is 25.7 Å². The van der Waals surface area contributed by atoms with Crippen LogP contribution in [0.3, 0.4) is 0 Å². The highest BCUT2D eigenvalue weighted by Crippen LogP contribution is 1.95. The molecule has 0 aliphatic carbocycles. The highest BCUT2D eigenvalue weighted by molar-refractivity contribution is 6.60. The molecule has 2 saturated heterocycles. The number of aliphatic carboxylic acids is 2. The molecule has 2 fully saturated rings. The van der Waals surface area contributed by atoms with Crippen molar-refractivity contribution in [3.05, 3.63) is 24.3 Å². The zero-order chi connectivity index (χ0) is 21.1. The second-order valence-electron chi connectivity index (χ2n) is 6.60. The minimum absolute atomic E-state index is 0.255. The Labute approximate surface area is 163 Å². The average molecular weight is 396 g/mol. The Morgan fingerprint density at radius 3 is 1.25 bits per heavy atom. The quantitative estimate of drug-likeness (QED) is 0.270. The number of hydrogen-bond donors (Lipinski definition) is 6. The zero-order valence-electron chi connectivity index (χ0n) is 15.4. The number of hydrogen-bond acceptors (Lipinski definition) is 8. The van der Waals surface area contributed by atoms with Gasteiger partial charge in [0.25, 0.3) is 0 Å². The molecule has 3 rings (SSSR count). The highest BCUT2D eigenvalue weighted by Gasteiger charge is 2.19. The van der Waals surface area contributed by atoms with Crippen molar-refractivity contribution >= 4 is 37.1 Å². The van der Waals surface area contributed by atoms with E-state index in [-0.39, 0.29) is 12.1 Å². The Morgan fingerprint density at radius 1 is 0.786 bits per heavy atom. The first kappa shape index (κ1) is 24.1. The Kier molecular flexibility index (Phi) is 10.8. The van der Waals surface area contributed by atoms with Crippen LogP contribution in [0.1, 0.15) is 25.7 Å². The van der Waals surface area contributed by atoms with Crippen molar-refractivity contribution < 1.29 is 50.5 Å². The number of carbonyl (C=O) groups excluding carboxylic acids is 2. The van der Waals surface area contributed by atoms with E-state index in [9.17, 15) is 19.8 Å². The van der Waals surface area contributed by atoms with Crippen LogP contribution in [-0.4, -0.2) is 71.4 Å². The Hall–Kier alpha value is -1.95. The predicted molar refractivity (Wildman–Crippen MR) is 95.7 cm³/mol. The van der Waals surface area contributed by atoms with E-state index in [0.29, 0.717) is 10.9 Å². The van der Waals surface area contributed by atoms with Gasteiger partial charge in [-0.25, -0.2) is 0 Å². The van der Waals surface area contributed by atoms with Crippen molar-refractivity contribution in [1.82, 2.24) is 0 Å².